The molecular weight excluding hydrogens is 288 g/mol. The second-order valence-electron chi connectivity index (χ2n) is 6.71. The Kier molecular flexibility index (Phi) is 21.3. The third kappa shape index (κ3) is 21.1. The van der Waals surface area contributed by atoms with E-state index in [9.17, 15) is 0 Å². The van der Waals surface area contributed by atoms with E-state index in [1.54, 1.807) is 0 Å². The molecule has 0 fully saturated rings. The van der Waals surface area contributed by atoms with Gasteiger partial charge in [0.25, 0.3) is 0 Å². The summed E-state index contributed by atoms with van der Waals surface area (Å²) in [5.41, 5.74) is 0. The number of hydrogen-bond donors (Lipinski definition) is 0. The van der Waals surface area contributed by atoms with Gasteiger partial charge in [-0.1, -0.05) is 78.1 Å². The van der Waals surface area contributed by atoms with Crippen molar-refractivity contribution >= 4 is 0 Å². The molecule has 0 aromatic rings. The highest BCUT2D eigenvalue weighted by Crippen LogP contribution is 2.12. The Morgan fingerprint density at radius 1 is 0.500 bits per heavy atom. The normalized spacial score (nSPS) is 9.92. The minimum absolute atomic E-state index is 1.00. The molecule has 0 aromatic carbocycles. The van der Waals surface area contributed by atoms with Gasteiger partial charge < -0.3 is 0 Å². The standard InChI is InChI=1S/C24H41/c1-3-5-7-9-11-13-15-17-19-21-23-24-22-20-18-16-14-12-10-8-6-4-2/h24H,3-5,7,10,12-23H2,1-2H3. The van der Waals surface area contributed by atoms with E-state index in [-0.39, 0.29) is 0 Å². The first-order valence-corrected chi connectivity index (χ1v) is 10.6. The molecule has 0 unspecified atom stereocenters. The Hall–Kier alpha value is -0.880. The van der Waals surface area contributed by atoms with Gasteiger partial charge in [-0.05, 0) is 25.7 Å². The Morgan fingerprint density at radius 2 is 0.958 bits per heavy atom. The zero-order valence-corrected chi connectivity index (χ0v) is 16.6. The van der Waals surface area contributed by atoms with Gasteiger partial charge >= 0.3 is 0 Å². The summed E-state index contributed by atoms with van der Waals surface area (Å²) in [5, 5.41) is 0. The molecule has 0 heteroatoms. The zero-order valence-electron chi connectivity index (χ0n) is 16.6. The molecule has 0 bridgehead atoms. The fraction of sp³-hybridized carbons (Fsp3) is 0.792. The van der Waals surface area contributed by atoms with Crippen molar-refractivity contribution in [3.8, 4) is 23.7 Å². The van der Waals surface area contributed by atoms with Crippen molar-refractivity contribution in [2.45, 2.75) is 123 Å². The fourth-order valence-electron chi connectivity index (χ4n) is 2.69. The quantitative estimate of drug-likeness (QED) is 0.212. The van der Waals surface area contributed by atoms with Crippen LogP contribution in [-0.2, 0) is 0 Å². The maximum absolute atomic E-state index is 3.30. The lowest BCUT2D eigenvalue weighted by Crippen LogP contribution is -1.83. The summed E-state index contributed by atoms with van der Waals surface area (Å²) in [6.45, 7) is 4.34. The third-order valence-electron chi connectivity index (χ3n) is 4.25. The van der Waals surface area contributed by atoms with E-state index >= 15 is 0 Å². The smallest absolute Gasteiger partial charge is 0.00886 e. The summed E-state index contributed by atoms with van der Waals surface area (Å²) < 4.78 is 0. The topological polar surface area (TPSA) is 0 Å². The average molecular weight is 330 g/mol. The van der Waals surface area contributed by atoms with E-state index in [1.165, 1.54) is 83.5 Å². The van der Waals surface area contributed by atoms with Crippen LogP contribution < -0.4 is 0 Å². The highest BCUT2D eigenvalue weighted by Gasteiger charge is 1.93. The molecule has 0 amide bonds. The maximum Gasteiger partial charge on any atom is 0.00886 e. The summed E-state index contributed by atoms with van der Waals surface area (Å²) in [6, 6.07) is 0. The molecule has 137 valence electrons. The Labute approximate surface area is 153 Å². The van der Waals surface area contributed by atoms with Gasteiger partial charge in [0, 0.05) is 25.7 Å². The van der Waals surface area contributed by atoms with Crippen LogP contribution in [0.1, 0.15) is 123 Å². The third-order valence-corrected chi connectivity index (χ3v) is 4.25. The van der Waals surface area contributed by atoms with Gasteiger partial charge in [-0.2, -0.15) is 0 Å². The molecular formula is C24H41. The van der Waals surface area contributed by atoms with E-state index in [4.69, 9.17) is 0 Å². The molecule has 1 radical (unpaired) electrons. The van der Waals surface area contributed by atoms with E-state index < -0.39 is 0 Å². The predicted octanol–water partition coefficient (Wildman–Crippen LogP) is 7.87. The molecule has 0 heterocycles. The van der Waals surface area contributed by atoms with Gasteiger partial charge in [-0.3, -0.25) is 0 Å². The van der Waals surface area contributed by atoms with Crippen molar-refractivity contribution in [2.24, 2.45) is 0 Å². The second-order valence-corrected chi connectivity index (χ2v) is 6.71. The van der Waals surface area contributed by atoms with E-state index in [2.05, 4.69) is 44.0 Å². The van der Waals surface area contributed by atoms with Crippen LogP contribution in [0.2, 0.25) is 0 Å². The molecule has 0 atom stereocenters. The van der Waals surface area contributed by atoms with Crippen molar-refractivity contribution in [1.29, 1.82) is 0 Å². The van der Waals surface area contributed by atoms with Gasteiger partial charge in [-0.25, -0.2) is 0 Å². The highest BCUT2D eigenvalue weighted by molar-refractivity contribution is 4.98. The van der Waals surface area contributed by atoms with Gasteiger partial charge in [0.1, 0.15) is 0 Å². The van der Waals surface area contributed by atoms with Gasteiger partial charge in [0.15, 0.2) is 0 Å². The summed E-state index contributed by atoms with van der Waals surface area (Å²) >= 11 is 0. The van der Waals surface area contributed by atoms with Crippen LogP contribution in [0.15, 0.2) is 0 Å². The predicted molar refractivity (Wildman–Crippen MR) is 110 cm³/mol. The van der Waals surface area contributed by atoms with Crippen molar-refractivity contribution in [3.05, 3.63) is 6.42 Å². The number of unbranched alkanes of at least 4 members (excludes halogenated alkanes) is 15. The van der Waals surface area contributed by atoms with Gasteiger partial charge in [0.05, 0.1) is 0 Å². The number of rotatable bonds is 15. The van der Waals surface area contributed by atoms with Crippen molar-refractivity contribution in [1.82, 2.24) is 0 Å². The molecule has 0 aliphatic carbocycles. The summed E-state index contributed by atoms with van der Waals surface area (Å²) in [6.07, 6.45) is 24.2. The van der Waals surface area contributed by atoms with Crippen LogP contribution in [0.5, 0.6) is 0 Å². The minimum atomic E-state index is 1.00. The summed E-state index contributed by atoms with van der Waals surface area (Å²) in [4.78, 5) is 0. The molecule has 0 aliphatic rings. The monoisotopic (exact) mass is 329 g/mol. The van der Waals surface area contributed by atoms with E-state index in [0.717, 1.165) is 25.7 Å². The minimum Gasteiger partial charge on any atom is -0.104 e. The molecule has 0 nitrogen and oxygen atoms in total. The Balaban J connectivity index is 3.06. The van der Waals surface area contributed by atoms with Crippen LogP contribution in [0, 0.1) is 30.1 Å². The molecule has 24 heavy (non-hydrogen) atoms. The molecule has 0 rings (SSSR count). The van der Waals surface area contributed by atoms with Crippen molar-refractivity contribution in [3.63, 3.8) is 0 Å². The van der Waals surface area contributed by atoms with Crippen LogP contribution in [-0.4, -0.2) is 0 Å². The average Bonchev–Trinajstić information content (AvgIpc) is 2.60. The van der Waals surface area contributed by atoms with E-state index in [1.807, 2.05) is 0 Å². The second kappa shape index (κ2) is 22.1. The van der Waals surface area contributed by atoms with Crippen LogP contribution >= 0.6 is 0 Å². The SMILES string of the molecule is CCC#CCCCCCCC[CH]CCCCCCC#CCCCC. The fourth-order valence-corrected chi connectivity index (χ4v) is 2.69. The first-order valence-electron chi connectivity index (χ1n) is 10.6. The lowest BCUT2D eigenvalue weighted by atomic mass is 10.0. The molecule has 0 N–H and O–H groups in total. The summed E-state index contributed by atoms with van der Waals surface area (Å²) in [7, 11) is 0. The van der Waals surface area contributed by atoms with Crippen LogP contribution in [0.3, 0.4) is 0 Å². The summed E-state index contributed by atoms with van der Waals surface area (Å²) in [5.74, 6) is 12.9. The molecule has 0 spiro atoms. The Morgan fingerprint density at radius 3 is 1.50 bits per heavy atom. The first-order chi connectivity index (χ1) is 11.9. The van der Waals surface area contributed by atoms with Crippen LogP contribution in [0.25, 0.3) is 0 Å². The van der Waals surface area contributed by atoms with Crippen molar-refractivity contribution < 1.29 is 0 Å². The molecule has 0 aromatic heterocycles. The van der Waals surface area contributed by atoms with Crippen molar-refractivity contribution in [2.75, 3.05) is 0 Å². The van der Waals surface area contributed by atoms with E-state index in [0.29, 0.717) is 0 Å². The highest BCUT2D eigenvalue weighted by atomic mass is 14.0. The molecule has 0 saturated carbocycles. The van der Waals surface area contributed by atoms with Crippen LogP contribution in [0.4, 0.5) is 0 Å². The molecule has 0 aliphatic heterocycles. The zero-order chi connectivity index (χ0) is 17.6. The maximum atomic E-state index is 3.30. The first kappa shape index (κ1) is 23.1. The van der Waals surface area contributed by atoms with Gasteiger partial charge in [0.2, 0.25) is 0 Å². The Bertz CT molecular complexity index is 344. The largest absolute Gasteiger partial charge is 0.104 e. The lowest BCUT2D eigenvalue weighted by molar-refractivity contribution is 0.597. The number of hydrogen-bond acceptors (Lipinski definition) is 0. The van der Waals surface area contributed by atoms with Gasteiger partial charge in [-0.15, -0.1) is 23.7 Å². The molecule has 0 saturated heterocycles. The lowest BCUT2D eigenvalue weighted by Gasteiger charge is -2.02.